The third kappa shape index (κ3) is 1.99. The topological polar surface area (TPSA) is 23.1 Å². The zero-order valence-corrected chi connectivity index (χ0v) is 8.42. The molecule has 0 aromatic rings. The van der Waals surface area contributed by atoms with Crippen LogP contribution in [0, 0.1) is 0 Å². The Kier molecular flexibility index (Phi) is 3.53. The molecule has 1 saturated heterocycles. The largest absolute Gasteiger partial charge is 0.270 e. The maximum absolute atomic E-state index is 11.6. The highest BCUT2D eigenvalue weighted by Crippen LogP contribution is 2.24. The summed E-state index contributed by atoms with van der Waals surface area (Å²) in [6, 6.07) is 0.993. The minimum absolute atomic E-state index is 0.477. The molecule has 12 heavy (non-hydrogen) atoms. The second kappa shape index (κ2) is 4.24. The molecule has 1 aliphatic rings. The van der Waals surface area contributed by atoms with Gasteiger partial charge in [-0.1, -0.05) is 13.3 Å². The van der Waals surface area contributed by atoms with Crippen molar-refractivity contribution in [3.8, 4) is 0 Å². The lowest BCUT2D eigenvalue weighted by molar-refractivity contribution is -0.102. The van der Waals surface area contributed by atoms with Crippen molar-refractivity contribution in [2.75, 3.05) is 0 Å². The van der Waals surface area contributed by atoms with Crippen molar-refractivity contribution in [1.29, 1.82) is 0 Å². The molecule has 0 amide bonds. The Labute approximate surface area is 75.6 Å². The van der Waals surface area contributed by atoms with Crippen molar-refractivity contribution >= 4 is 0 Å². The summed E-state index contributed by atoms with van der Waals surface area (Å²) in [7, 11) is 0. The molecule has 3 unspecified atom stereocenters. The standard InChI is InChI=1S/C10H20NO/c1-4-10(12)11-8(2)6-5-7-9(11)3/h8-10H,4-7H2,1-3H3. The highest BCUT2D eigenvalue weighted by Gasteiger charge is 2.29. The number of hydrogen-bond acceptors (Lipinski definition) is 1. The fourth-order valence-corrected chi connectivity index (χ4v) is 2.22. The molecular weight excluding hydrogens is 150 g/mol. The van der Waals surface area contributed by atoms with E-state index in [1.165, 1.54) is 19.3 Å². The zero-order valence-electron chi connectivity index (χ0n) is 8.42. The molecule has 2 heteroatoms. The molecular formula is C10H20NO. The van der Waals surface area contributed by atoms with Gasteiger partial charge in [0.05, 0.1) is 0 Å². The molecule has 0 aromatic heterocycles. The van der Waals surface area contributed by atoms with Crippen molar-refractivity contribution in [3.05, 3.63) is 0 Å². The maximum Gasteiger partial charge on any atom is 0.146 e. The highest BCUT2D eigenvalue weighted by atomic mass is 16.3. The third-order valence-electron chi connectivity index (χ3n) is 2.94. The number of hydrogen-bond donors (Lipinski definition) is 0. The van der Waals surface area contributed by atoms with Crippen LogP contribution in [0.2, 0.25) is 0 Å². The smallest absolute Gasteiger partial charge is 0.146 e. The normalized spacial score (nSPS) is 35.0. The molecule has 0 bridgehead atoms. The van der Waals surface area contributed by atoms with E-state index in [0.717, 1.165) is 6.42 Å². The monoisotopic (exact) mass is 170 g/mol. The Bertz CT molecular complexity index is 122. The number of nitrogens with zero attached hydrogens (tertiary/aromatic N) is 1. The van der Waals surface area contributed by atoms with E-state index in [4.69, 9.17) is 0 Å². The SMILES string of the molecule is CCC([O])N1C(C)CCCC1C. The molecule has 0 saturated carbocycles. The lowest BCUT2D eigenvalue weighted by Gasteiger charge is -2.40. The van der Waals surface area contributed by atoms with Crippen molar-refractivity contribution in [2.45, 2.75) is 64.8 Å². The van der Waals surface area contributed by atoms with Crippen LogP contribution in [0.3, 0.4) is 0 Å². The molecule has 0 aliphatic carbocycles. The summed E-state index contributed by atoms with van der Waals surface area (Å²) in [5.41, 5.74) is 0. The van der Waals surface area contributed by atoms with Crippen LogP contribution in [0.4, 0.5) is 0 Å². The van der Waals surface area contributed by atoms with Crippen molar-refractivity contribution in [2.24, 2.45) is 0 Å². The van der Waals surface area contributed by atoms with Gasteiger partial charge in [0.25, 0.3) is 0 Å². The minimum atomic E-state index is -0.477. The summed E-state index contributed by atoms with van der Waals surface area (Å²) < 4.78 is 0. The molecule has 1 aliphatic heterocycles. The molecule has 1 rings (SSSR count). The van der Waals surface area contributed by atoms with E-state index in [2.05, 4.69) is 18.7 Å². The van der Waals surface area contributed by atoms with Gasteiger partial charge in [0, 0.05) is 12.1 Å². The predicted octanol–water partition coefficient (Wildman–Crippen LogP) is 2.42. The number of piperidine rings is 1. The minimum Gasteiger partial charge on any atom is -0.270 e. The average Bonchev–Trinajstić information content (AvgIpc) is 2.03. The first-order valence-electron chi connectivity index (χ1n) is 5.10. The Hall–Kier alpha value is -0.0800. The van der Waals surface area contributed by atoms with Crippen molar-refractivity contribution in [3.63, 3.8) is 0 Å². The summed E-state index contributed by atoms with van der Waals surface area (Å²) in [6.45, 7) is 6.33. The molecule has 1 fully saturated rings. The van der Waals surface area contributed by atoms with Crippen LogP contribution in [-0.2, 0) is 5.11 Å². The summed E-state index contributed by atoms with van der Waals surface area (Å²) in [5.74, 6) is 0. The molecule has 3 atom stereocenters. The molecule has 0 aromatic carbocycles. The van der Waals surface area contributed by atoms with E-state index < -0.39 is 6.23 Å². The summed E-state index contributed by atoms with van der Waals surface area (Å²) in [4.78, 5) is 2.14. The first kappa shape index (κ1) is 10.0. The van der Waals surface area contributed by atoms with Crippen LogP contribution in [-0.4, -0.2) is 23.2 Å². The quantitative estimate of drug-likeness (QED) is 0.624. The van der Waals surface area contributed by atoms with Gasteiger partial charge in [-0.15, -0.1) is 0 Å². The van der Waals surface area contributed by atoms with Crippen molar-refractivity contribution < 1.29 is 5.11 Å². The van der Waals surface area contributed by atoms with Gasteiger partial charge in [-0.25, -0.2) is 5.11 Å². The lowest BCUT2D eigenvalue weighted by atomic mass is 9.97. The Morgan fingerprint density at radius 1 is 1.33 bits per heavy atom. The van der Waals surface area contributed by atoms with Gasteiger partial charge < -0.3 is 0 Å². The van der Waals surface area contributed by atoms with Gasteiger partial charge in [-0.3, -0.25) is 4.90 Å². The average molecular weight is 170 g/mol. The molecule has 0 N–H and O–H groups in total. The first-order valence-corrected chi connectivity index (χ1v) is 5.10. The van der Waals surface area contributed by atoms with E-state index in [1.807, 2.05) is 6.92 Å². The molecule has 1 heterocycles. The Balaban J connectivity index is 2.56. The summed E-state index contributed by atoms with van der Waals surface area (Å²) >= 11 is 0. The number of likely N-dealkylation sites (tertiary alicyclic amines) is 1. The molecule has 71 valence electrons. The van der Waals surface area contributed by atoms with E-state index in [1.54, 1.807) is 0 Å². The van der Waals surface area contributed by atoms with Crippen LogP contribution in [0.25, 0.3) is 0 Å². The second-order valence-corrected chi connectivity index (χ2v) is 3.94. The van der Waals surface area contributed by atoms with Crippen LogP contribution in [0.5, 0.6) is 0 Å². The van der Waals surface area contributed by atoms with E-state index in [9.17, 15) is 5.11 Å². The van der Waals surface area contributed by atoms with Crippen molar-refractivity contribution in [1.82, 2.24) is 4.90 Å². The fraction of sp³-hybridized carbons (Fsp3) is 1.00. The van der Waals surface area contributed by atoms with E-state index >= 15 is 0 Å². The van der Waals surface area contributed by atoms with Gasteiger partial charge in [0.15, 0.2) is 0 Å². The van der Waals surface area contributed by atoms with Crippen LogP contribution in [0.1, 0.15) is 46.5 Å². The van der Waals surface area contributed by atoms with Gasteiger partial charge in [0.1, 0.15) is 6.23 Å². The fourth-order valence-electron chi connectivity index (χ4n) is 2.22. The summed E-state index contributed by atoms with van der Waals surface area (Å²) in [6.07, 6.45) is 3.94. The van der Waals surface area contributed by atoms with Gasteiger partial charge in [0.2, 0.25) is 0 Å². The van der Waals surface area contributed by atoms with Gasteiger partial charge in [-0.2, -0.15) is 0 Å². The van der Waals surface area contributed by atoms with Crippen LogP contribution < -0.4 is 0 Å². The van der Waals surface area contributed by atoms with Gasteiger partial charge >= 0.3 is 0 Å². The van der Waals surface area contributed by atoms with E-state index in [-0.39, 0.29) is 0 Å². The van der Waals surface area contributed by atoms with E-state index in [0.29, 0.717) is 12.1 Å². The Morgan fingerprint density at radius 2 is 1.83 bits per heavy atom. The first-order chi connectivity index (χ1) is 5.66. The second-order valence-electron chi connectivity index (χ2n) is 3.94. The predicted molar refractivity (Wildman–Crippen MR) is 49.4 cm³/mol. The molecule has 2 nitrogen and oxygen atoms in total. The molecule has 0 spiro atoms. The van der Waals surface area contributed by atoms with Crippen LogP contribution in [0.15, 0.2) is 0 Å². The number of rotatable bonds is 2. The van der Waals surface area contributed by atoms with Crippen LogP contribution >= 0.6 is 0 Å². The lowest BCUT2D eigenvalue weighted by Crippen LogP contribution is -2.49. The molecule has 1 radical (unpaired) electrons. The van der Waals surface area contributed by atoms with Gasteiger partial charge in [-0.05, 0) is 33.1 Å². The summed E-state index contributed by atoms with van der Waals surface area (Å²) in [5, 5.41) is 11.6. The zero-order chi connectivity index (χ0) is 9.14. The maximum atomic E-state index is 11.6. The third-order valence-corrected chi connectivity index (χ3v) is 2.94. The highest BCUT2D eigenvalue weighted by molar-refractivity contribution is 4.80. The Morgan fingerprint density at radius 3 is 2.25 bits per heavy atom.